The lowest BCUT2D eigenvalue weighted by molar-refractivity contribution is 0.101. The summed E-state index contributed by atoms with van der Waals surface area (Å²) in [7, 11) is 1.33. The van der Waals surface area contributed by atoms with E-state index in [0.717, 1.165) is 0 Å². The van der Waals surface area contributed by atoms with E-state index in [0.29, 0.717) is 4.47 Å². The number of carbonyl (C=O) groups is 1. The van der Waals surface area contributed by atoms with E-state index < -0.39 is 11.6 Å². The molecular weight excluding hydrogens is 274 g/mol. The molecule has 0 bridgehead atoms. The minimum absolute atomic E-state index is 0.0293. The zero-order valence-electron chi connectivity index (χ0n) is 7.31. The summed E-state index contributed by atoms with van der Waals surface area (Å²) in [6.07, 6.45) is 0. The van der Waals surface area contributed by atoms with Crippen LogP contribution in [0.15, 0.2) is 16.6 Å². The molecule has 0 atom stereocenters. The zero-order valence-corrected chi connectivity index (χ0v) is 9.65. The molecule has 0 aliphatic carbocycles. The standard InChI is InChI=1S/C9H7BrClFO2/c1-14-7-3-2-5(10)8(9(7)12)6(13)4-11/h2-3H,4H2,1H3. The van der Waals surface area contributed by atoms with Crippen LogP contribution in [0.1, 0.15) is 10.4 Å². The number of ether oxygens (including phenoxy) is 1. The third-order valence-electron chi connectivity index (χ3n) is 1.68. The van der Waals surface area contributed by atoms with E-state index in [1.807, 2.05) is 0 Å². The van der Waals surface area contributed by atoms with Crippen LogP contribution in [-0.2, 0) is 0 Å². The maximum absolute atomic E-state index is 13.5. The predicted molar refractivity (Wildman–Crippen MR) is 55.7 cm³/mol. The second kappa shape index (κ2) is 4.75. The number of benzene rings is 1. The van der Waals surface area contributed by atoms with E-state index in [1.165, 1.54) is 13.2 Å². The van der Waals surface area contributed by atoms with E-state index >= 15 is 0 Å². The van der Waals surface area contributed by atoms with Crippen LogP contribution in [0.2, 0.25) is 0 Å². The highest BCUT2D eigenvalue weighted by Crippen LogP contribution is 2.27. The Hall–Kier alpha value is -0.610. The van der Waals surface area contributed by atoms with Crippen molar-refractivity contribution < 1.29 is 13.9 Å². The van der Waals surface area contributed by atoms with Crippen LogP contribution < -0.4 is 4.74 Å². The molecule has 14 heavy (non-hydrogen) atoms. The van der Waals surface area contributed by atoms with Crippen LogP contribution in [0.5, 0.6) is 5.75 Å². The smallest absolute Gasteiger partial charge is 0.181 e. The molecule has 0 spiro atoms. The Kier molecular flexibility index (Phi) is 3.89. The highest BCUT2D eigenvalue weighted by atomic mass is 79.9. The van der Waals surface area contributed by atoms with Crippen LogP contribution in [-0.4, -0.2) is 18.8 Å². The molecule has 76 valence electrons. The number of carbonyl (C=O) groups excluding carboxylic acids is 1. The summed E-state index contributed by atoms with van der Waals surface area (Å²) in [4.78, 5) is 11.3. The van der Waals surface area contributed by atoms with Crippen molar-refractivity contribution in [1.29, 1.82) is 0 Å². The van der Waals surface area contributed by atoms with Crippen molar-refractivity contribution in [3.8, 4) is 5.75 Å². The Morgan fingerprint density at radius 2 is 2.29 bits per heavy atom. The Bertz CT molecular complexity index is 368. The van der Waals surface area contributed by atoms with Gasteiger partial charge in [-0.05, 0) is 28.1 Å². The number of alkyl halides is 1. The first-order valence-corrected chi connectivity index (χ1v) is 5.05. The summed E-state index contributed by atoms with van der Waals surface area (Å²) in [5.74, 6) is -1.40. The number of hydrogen-bond donors (Lipinski definition) is 0. The molecule has 2 nitrogen and oxygen atoms in total. The normalized spacial score (nSPS) is 10.0. The number of halogens is 3. The van der Waals surface area contributed by atoms with Crippen molar-refractivity contribution in [3.05, 3.63) is 28.0 Å². The molecule has 0 aromatic heterocycles. The van der Waals surface area contributed by atoms with E-state index in [4.69, 9.17) is 16.3 Å². The van der Waals surface area contributed by atoms with Gasteiger partial charge in [-0.15, -0.1) is 11.6 Å². The topological polar surface area (TPSA) is 26.3 Å². The molecular formula is C9H7BrClFO2. The zero-order chi connectivity index (χ0) is 10.7. The Labute approximate surface area is 94.1 Å². The number of rotatable bonds is 3. The van der Waals surface area contributed by atoms with Crippen molar-refractivity contribution in [2.75, 3.05) is 13.0 Å². The summed E-state index contributed by atoms with van der Waals surface area (Å²) in [6, 6.07) is 2.98. The first-order chi connectivity index (χ1) is 6.61. The van der Waals surface area contributed by atoms with Gasteiger partial charge in [-0.2, -0.15) is 0 Å². The summed E-state index contributed by atoms with van der Waals surface area (Å²) in [5, 5.41) is 0. The molecule has 0 saturated heterocycles. The number of hydrogen-bond acceptors (Lipinski definition) is 2. The second-order valence-electron chi connectivity index (χ2n) is 2.50. The Morgan fingerprint density at radius 1 is 1.64 bits per heavy atom. The number of ketones is 1. The van der Waals surface area contributed by atoms with Gasteiger partial charge in [0.25, 0.3) is 0 Å². The third kappa shape index (κ3) is 2.07. The average molecular weight is 282 g/mol. The molecule has 0 fully saturated rings. The number of Topliss-reactive ketones (excluding diaryl/α,β-unsaturated/α-hetero) is 1. The van der Waals surface area contributed by atoms with E-state index in [2.05, 4.69) is 15.9 Å². The van der Waals surface area contributed by atoms with Crippen LogP contribution in [0.4, 0.5) is 4.39 Å². The SMILES string of the molecule is COc1ccc(Br)c(C(=O)CCl)c1F. The van der Waals surface area contributed by atoms with Crippen molar-refractivity contribution in [3.63, 3.8) is 0 Å². The minimum Gasteiger partial charge on any atom is -0.494 e. The van der Waals surface area contributed by atoms with Gasteiger partial charge in [0.05, 0.1) is 18.6 Å². The molecule has 0 saturated carbocycles. The quantitative estimate of drug-likeness (QED) is 0.629. The lowest BCUT2D eigenvalue weighted by Gasteiger charge is -2.07. The van der Waals surface area contributed by atoms with E-state index in [9.17, 15) is 9.18 Å². The maximum Gasteiger partial charge on any atom is 0.181 e. The van der Waals surface area contributed by atoms with Crippen molar-refractivity contribution in [1.82, 2.24) is 0 Å². The second-order valence-corrected chi connectivity index (χ2v) is 3.62. The molecule has 1 aromatic carbocycles. The predicted octanol–water partition coefficient (Wildman–Crippen LogP) is 3.02. The van der Waals surface area contributed by atoms with Gasteiger partial charge >= 0.3 is 0 Å². The fraction of sp³-hybridized carbons (Fsp3) is 0.222. The molecule has 0 amide bonds. The number of methoxy groups -OCH3 is 1. The molecule has 0 aliphatic rings. The van der Waals surface area contributed by atoms with Gasteiger partial charge in [-0.25, -0.2) is 4.39 Å². The van der Waals surface area contributed by atoms with Crippen LogP contribution >= 0.6 is 27.5 Å². The summed E-state index contributed by atoms with van der Waals surface area (Å²) >= 11 is 8.42. The fourth-order valence-electron chi connectivity index (χ4n) is 1.01. The highest BCUT2D eigenvalue weighted by Gasteiger charge is 2.18. The molecule has 5 heteroatoms. The summed E-state index contributed by atoms with van der Waals surface area (Å²) in [6.45, 7) is 0. The van der Waals surface area contributed by atoms with Crippen LogP contribution in [0.3, 0.4) is 0 Å². The molecule has 0 radical (unpaired) electrons. The molecule has 0 heterocycles. The largest absolute Gasteiger partial charge is 0.494 e. The monoisotopic (exact) mass is 280 g/mol. The van der Waals surface area contributed by atoms with Crippen molar-refractivity contribution in [2.24, 2.45) is 0 Å². The van der Waals surface area contributed by atoms with Crippen molar-refractivity contribution >= 4 is 33.3 Å². The fourth-order valence-corrected chi connectivity index (χ4v) is 1.67. The average Bonchev–Trinajstić information content (AvgIpc) is 2.18. The maximum atomic E-state index is 13.5. The lowest BCUT2D eigenvalue weighted by Crippen LogP contribution is -2.06. The van der Waals surface area contributed by atoms with E-state index in [-0.39, 0.29) is 17.2 Å². The van der Waals surface area contributed by atoms with Gasteiger partial charge in [0.15, 0.2) is 17.3 Å². The first-order valence-electron chi connectivity index (χ1n) is 3.73. The van der Waals surface area contributed by atoms with Gasteiger partial charge < -0.3 is 4.74 Å². The molecule has 1 aromatic rings. The molecule has 0 aliphatic heterocycles. The molecule has 0 N–H and O–H groups in total. The van der Waals surface area contributed by atoms with Gasteiger partial charge in [0.1, 0.15) is 0 Å². The van der Waals surface area contributed by atoms with Crippen LogP contribution in [0.25, 0.3) is 0 Å². The summed E-state index contributed by atoms with van der Waals surface area (Å²) in [5.41, 5.74) is -0.0700. The van der Waals surface area contributed by atoms with E-state index in [1.54, 1.807) is 6.07 Å². The van der Waals surface area contributed by atoms with Crippen LogP contribution in [0, 0.1) is 5.82 Å². The Balaban J connectivity index is 3.32. The molecule has 0 unspecified atom stereocenters. The Morgan fingerprint density at radius 3 is 2.79 bits per heavy atom. The lowest BCUT2D eigenvalue weighted by atomic mass is 10.1. The van der Waals surface area contributed by atoms with Gasteiger partial charge in [0.2, 0.25) is 0 Å². The summed E-state index contributed by atoms with van der Waals surface area (Å²) < 4.78 is 18.7. The highest BCUT2D eigenvalue weighted by molar-refractivity contribution is 9.10. The van der Waals surface area contributed by atoms with Gasteiger partial charge in [-0.1, -0.05) is 0 Å². The molecule has 1 rings (SSSR count). The van der Waals surface area contributed by atoms with Gasteiger partial charge in [-0.3, -0.25) is 4.79 Å². The van der Waals surface area contributed by atoms with Gasteiger partial charge in [0, 0.05) is 4.47 Å². The third-order valence-corrected chi connectivity index (χ3v) is 2.58. The van der Waals surface area contributed by atoms with Crippen molar-refractivity contribution in [2.45, 2.75) is 0 Å². The first kappa shape index (κ1) is 11.5. The minimum atomic E-state index is -0.687.